The number of aromatic nitrogens is 2. The lowest BCUT2D eigenvalue weighted by Gasteiger charge is -2.33. The van der Waals surface area contributed by atoms with Crippen molar-refractivity contribution in [1.29, 1.82) is 0 Å². The number of nitrogens with zero attached hydrogens (tertiary/aromatic N) is 4. The van der Waals surface area contributed by atoms with Crippen molar-refractivity contribution in [2.24, 2.45) is 0 Å². The summed E-state index contributed by atoms with van der Waals surface area (Å²) in [4.78, 5) is 46.4. The fourth-order valence-corrected chi connectivity index (χ4v) is 5.71. The topological polar surface area (TPSA) is 145 Å². The zero-order valence-corrected chi connectivity index (χ0v) is 23.5. The van der Waals surface area contributed by atoms with Crippen molar-refractivity contribution in [3.63, 3.8) is 0 Å². The number of sulfonamides is 1. The lowest BCUT2D eigenvalue weighted by Crippen LogP contribution is -2.44. The van der Waals surface area contributed by atoms with Crippen LogP contribution in [-0.2, 0) is 19.6 Å². The van der Waals surface area contributed by atoms with Crippen LogP contribution in [0.3, 0.4) is 0 Å². The normalized spacial score (nSPS) is 18.0. The maximum Gasteiger partial charge on any atom is 0.410 e. The summed E-state index contributed by atoms with van der Waals surface area (Å²) in [5.41, 5.74) is 0.0290. The van der Waals surface area contributed by atoms with Gasteiger partial charge in [-0.05, 0) is 56.3 Å². The molecule has 39 heavy (non-hydrogen) atoms. The SMILES string of the molecule is CC(C)(C)OC(=O)N1CCC(Oc2cc(Oc3ccc(/C=C4\SC(=O)N(S(C)(=O)=O)C4=O)cc3)ncn2)CC1. The van der Waals surface area contributed by atoms with E-state index in [0.717, 1.165) is 6.26 Å². The molecule has 3 amide bonds. The molecule has 208 valence electrons. The van der Waals surface area contributed by atoms with Crippen LogP contribution in [0.4, 0.5) is 9.59 Å². The van der Waals surface area contributed by atoms with Crippen molar-refractivity contribution in [3.8, 4) is 17.5 Å². The Morgan fingerprint density at radius 3 is 2.31 bits per heavy atom. The van der Waals surface area contributed by atoms with E-state index >= 15 is 0 Å². The van der Waals surface area contributed by atoms with Gasteiger partial charge in [-0.3, -0.25) is 9.59 Å². The molecular formula is C25H28N4O8S2. The summed E-state index contributed by atoms with van der Waals surface area (Å²) in [6.45, 7) is 6.53. The Balaban J connectivity index is 1.33. The first-order valence-electron chi connectivity index (χ1n) is 12.0. The van der Waals surface area contributed by atoms with Gasteiger partial charge in [-0.2, -0.15) is 4.31 Å². The summed E-state index contributed by atoms with van der Waals surface area (Å²) >= 11 is 0.561. The van der Waals surface area contributed by atoms with Gasteiger partial charge in [0.1, 0.15) is 23.8 Å². The van der Waals surface area contributed by atoms with Crippen molar-refractivity contribution in [2.75, 3.05) is 19.3 Å². The molecule has 4 rings (SSSR count). The van der Waals surface area contributed by atoms with Crippen LogP contribution >= 0.6 is 11.8 Å². The molecule has 0 spiro atoms. The van der Waals surface area contributed by atoms with Gasteiger partial charge >= 0.3 is 11.3 Å². The molecule has 2 saturated heterocycles. The summed E-state index contributed by atoms with van der Waals surface area (Å²) < 4.78 is 40.8. The largest absolute Gasteiger partial charge is 0.474 e. The molecule has 0 radical (unpaired) electrons. The van der Waals surface area contributed by atoms with Crippen molar-refractivity contribution in [1.82, 2.24) is 19.2 Å². The molecule has 0 aliphatic carbocycles. The highest BCUT2D eigenvalue weighted by Crippen LogP contribution is 2.34. The average Bonchev–Trinajstić information content (AvgIpc) is 3.12. The first kappa shape index (κ1) is 28.4. The summed E-state index contributed by atoms with van der Waals surface area (Å²) in [6, 6.07) is 8.15. The van der Waals surface area contributed by atoms with Crippen LogP contribution in [0, 0.1) is 0 Å². The maximum absolute atomic E-state index is 12.3. The van der Waals surface area contributed by atoms with Crippen LogP contribution in [0.2, 0.25) is 0 Å². The van der Waals surface area contributed by atoms with Gasteiger partial charge in [-0.25, -0.2) is 23.2 Å². The van der Waals surface area contributed by atoms with Gasteiger partial charge in [0.25, 0.3) is 5.91 Å². The summed E-state index contributed by atoms with van der Waals surface area (Å²) in [6.07, 6.45) is 4.36. The zero-order chi connectivity index (χ0) is 28.4. The molecule has 2 aliphatic heterocycles. The van der Waals surface area contributed by atoms with Crippen molar-refractivity contribution in [2.45, 2.75) is 45.3 Å². The standard InChI is InChI=1S/C25H28N4O8S2/c1-25(2,3)37-23(31)28-11-9-18(10-12-28)36-21-14-20(26-15-27-21)35-17-7-5-16(6-8-17)13-19-22(30)29(24(32)38-19)39(4,33)34/h5-8,13-15,18H,9-12H2,1-4H3/b19-13-. The van der Waals surface area contributed by atoms with Crippen LogP contribution in [0.5, 0.6) is 17.5 Å². The molecule has 3 heterocycles. The lowest BCUT2D eigenvalue weighted by molar-refractivity contribution is -0.119. The molecule has 0 atom stereocenters. The number of piperidine rings is 1. The molecule has 2 aliphatic rings. The number of carbonyl (C=O) groups excluding carboxylic acids is 3. The van der Waals surface area contributed by atoms with Crippen molar-refractivity contribution >= 4 is 45.1 Å². The highest BCUT2D eigenvalue weighted by molar-refractivity contribution is 8.19. The smallest absolute Gasteiger partial charge is 0.410 e. The predicted octanol–water partition coefficient (Wildman–Crippen LogP) is 4.04. The van der Waals surface area contributed by atoms with E-state index in [1.165, 1.54) is 12.4 Å². The Morgan fingerprint density at radius 2 is 1.72 bits per heavy atom. The molecule has 1 aromatic heterocycles. The third-order valence-corrected chi connectivity index (χ3v) is 7.47. The second kappa shape index (κ2) is 11.2. The molecule has 0 N–H and O–H groups in total. The quantitative estimate of drug-likeness (QED) is 0.459. The number of ether oxygens (including phenoxy) is 3. The predicted molar refractivity (Wildman–Crippen MR) is 143 cm³/mol. The summed E-state index contributed by atoms with van der Waals surface area (Å²) in [5.74, 6) is 0.172. The molecule has 2 aromatic rings. The van der Waals surface area contributed by atoms with E-state index in [2.05, 4.69) is 9.97 Å². The third kappa shape index (κ3) is 7.47. The molecule has 2 fully saturated rings. The van der Waals surface area contributed by atoms with Crippen LogP contribution in [0.25, 0.3) is 6.08 Å². The van der Waals surface area contributed by atoms with Gasteiger partial charge in [0.2, 0.25) is 21.8 Å². The van der Waals surface area contributed by atoms with Crippen LogP contribution in [0.1, 0.15) is 39.2 Å². The number of hydrogen-bond donors (Lipinski definition) is 0. The number of carbonyl (C=O) groups is 3. The second-order valence-corrected chi connectivity index (χ2v) is 12.7. The first-order valence-corrected chi connectivity index (χ1v) is 14.7. The van der Waals surface area contributed by atoms with E-state index in [1.54, 1.807) is 35.2 Å². The Kier molecular flexibility index (Phi) is 8.16. The minimum absolute atomic E-state index is 0.00797. The number of hydrogen-bond acceptors (Lipinski definition) is 11. The van der Waals surface area contributed by atoms with E-state index in [9.17, 15) is 22.8 Å². The van der Waals surface area contributed by atoms with E-state index < -0.39 is 26.8 Å². The van der Waals surface area contributed by atoms with E-state index in [4.69, 9.17) is 14.2 Å². The number of likely N-dealkylation sites (tertiary alicyclic amines) is 1. The molecular weight excluding hydrogens is 548 g/mol. The second-order valence-electron chi connectivity index (χ2n) is 9.86. The van der Waals surface area contributed by atoms with E-state index in [0.29, 0.717) is 54.9 Å². The number of amides is 3. The number of thioether (sulfide) groups is 1. The van der Waals surface area contributed by atoms with Gasteiger partial charge in [0, 0.05) is 25.9 Å². The molecule has 12 nitrogen and oxygen atoms in total. The minimum atomic E-state index is -3.98. The van der Waals surface area contributed by atoms with Crippen molar-refractivity contribution in [3.05, 3.63) is 47.1 Å². The Hall–Kier alpha value is -3.65. The van der Waals surface area contributed by atoms with Crippen LogP contribution in [0.15, 0.2) is 41.6 Å². The van der Waals surface area contributed by atoms with E-state index in [1.807, 2.05) is 20.8 Å². The Labute approximate surface area is 230 Å². The lowest BCUT2D eigenvalue weighted by atomic mass is 10.1. The van der Waals surface area contributed by atoms with Crippen LogP contribution in [-0.4, -0.2) is 75.9 Å². The van der Waals surface area contributed by atoms with Crippen LogP contribution < -0.4 is 9.47 Å². The fraction of sp³-hybridized carbons (Fsp3) is 0.400. The summed E-state index contributed by atoms with van der Waals surface area (Å²) in [5, 5.41) is -0.857. The Morgan fingerprint density at radius 1 is 1.08 bits per heavy atom. The minimum Gasteiger partial charge on any atom is -0.474 e. The molecule has 14 heteroatoms. The fourth-order valence-electron chi connectivity index (χ4n) is 3.74. The van der Waals surface area contributed by atoms with E-state index in [-0.39, 0.29) is 27.3 Å². The van der Waals surface area contributed by atoms with Crippen molar-refractivity contribution < 1.29 is 37.0 Å². The zero-order valence-electron chi connectivity index (χ0n) is 21.8. The van der Waals surface area contributed by atoms with Gasteiger partial charge < -0.3 is 19.1 Å². The average molecular weight is 577 g/mol. The maximum atomic E-state index is 12.3. The number of benzene rings is 1. The molecule has 0 saturated carbocycles. The highest BCUT2D eigenvalue weighted by Gasteiger charge is 2.41. The third-order valence-electron chi connectivity index (χ3n) is 5.49. The molecule has 1 aromatic carbocycles. The van der Waals surface area contributed by atoms with Gasteiger partial charge in [0.15, 0.2) is 0 Å². The first-order chi connectivity index (χ1) is 18.3. The highest BCUT2D eigenvalue weighted by atomic mass is 32.2. The Bertz CT molecular complexity index is 1400. The number of imide groups is 1. The molecule has 0 unspecified atom stereocenters. The monoisotopic (exact) mass is 576 g/mol. The number of rotatable bonds is 6. The van der Waals surface area contributed by atoms with Gasteiger partial charge in [-0.1, -0.05) is 12.1 Å². The van der Waals surface area contributed by atoms with Gasteiger partial charge in [0.05, 0.1) is 17.2 Å². The molecule has 0 bridgehead atoms. The van der Waals surface area contributed by atoms with Gasteiger partial charge in [-0.15, -0.1) is 0 Å². The summed E-state index contributed by atoms with van der Waals surface area (Å²) in [7, 11) is -3.98.